The molecular formula is C46H74O3. The van der Waals surface area contributed by atoms with Gasteiger partial charge in [0.2, 0.25) is 0 Å². The summed E-state index contributed by atoms with van der Waals surface area (Å²) in [6, 6.07) is 0. The Morgan fingerprint density at radius 1 is 0.347 bits per heavy atom. The van der Waals surface area contributed by atoms with E-state index in [-0.39, 0.29) is 0 Å². The highest BCUT2D eigenvalue weighted by molar-refractivity contribution is 5.07. The molecule has 0 heterocycles. The summed E-state index contributed by atoms with van der Waals surface area (Å²) in [5.41, 5.74) is 0. The van der Waals surface area contributed by atoms with Crippen LogP contribution in [0.3, 0.4) is 0 Å². The van der Waals surface area contributed by atoms with Crippen molar-refractivity contribution in [1.29, 1.82) is 0 Å². The van der Waals surface area contributed by atoms with Gasteiger partial charge in [-0.3, -0.25) is 0 Å². The molecule has 0 radical (unpaired) electrons. The van der Waals surface area contributed by atoms with Crippen molar-refractivity contribution in [2.45, 2.75) is 192 Å². The summed E-state index contributed by atoms with van der Waals surface area (Å²) in [5, 5.41) is 28.4. The molecular weight excluding hydrogens is 601 g/mol. The van der Waals surface area contributed by atoms with Crippen molar-refractivity contribution in [2.75, 3.05) is 0 Å². The van der Waals surface area contributed by atoms with Crippen molar-refractivity contribution >= 4 is 0 Å². The van der Waals surface area contributed by atoms with E-state index in [9.17, 15) is 15.3 Å². The van der Waals surface area contributed by atoms with Gasteiger partial charge in [0.15, 0.2) is 0 Å². The first-order valence-corrected chi connectivity index (χ1v) is 20.0. The van der Waals surface area contributed by atoms with Gasteiger partial charge in [-0.2, -0.15) is 0 Å². The highest BCUT2D eigenvalue weighted by Crippen LogP contribution is 2.13. The van der Waals surface area contributed by atoms with Gasteiger partial charge in [0.05, 0.1) is 6.10 Å². The molecule has 3 N–H and O–H groups in total. The topological polar surface area (TPSA) is 60.7 Å². The van der Waals surface area contributed by atoms with Gasteiger partial charge in [-0.1, -0.05) is 143 Å². The number of hydrogen-bond acceptors (Lipinski definition) is 3. The molecule has 0 aromatic heterocycles. The van der Waals surface area contributed by atoms with Crippen molar-refractivity contribution in [3.05, 3.63) is 72.9 Å². The summed E-state index contributed by atoms with van der Waals surface area (Å²) in [6.45, 7) is 0. The first-order valence-electron chi connectivity index (χ1n) is 20.0. The Bertz CT molecular complexity index is 954. The fourth-order valence-electron chi connectivity index (χ4n) is 5.60. The second-order valence-corrected chi connectivity index (χ2v) is 13.4. The van der Waals surface area contributed by atoms with Crippen LogP contribution in [0.25, 0.3) is 0 Å². The van der Waals surface area contributed by atoms with Crippen LogP contribution >= 0.6 is 0 Å². The zero-order valence-electron chi connectivity index (χ0n) is 31.2. The van der Waals surface area contributed by atoms with Crippen LogP contribution in [0.5, 0.6) is 0 Å². The Labute approximate surface area is 303 Å². The lowest BCUT2D eigenvalue weighted by Gasteiger charge is -2.05. The Morgan fingerprint density at radius 3 is 1.06 bits per heavy atom. The Morgan fingerprint density at radius 2 is 0.653 bits per heavy atom. The maximum Gasteiger partial charge on any atom is 0.133 e. The lowest BCUT2D eigenvalue weighted by molar-refractivity contribution is 0.205. The largest absolute Gasteiger partial charge is 0.389 e. The number of unbranched alkanes of at least 4 members (excludes halogenated alkanes) is 21. The molecule has 0 aromatic rings. The highest BCUT2D eigenvalue weighted by atomic mass is 16.3. The third-order valence-electron chi connectivity index (χ3n) is 8.71. The molecule has 3 unspecified atom stereocenters. The number of aliphatic hydroxyl groups excluding tert-OH is 3. The minimum Gasteiger partial charge on any atom is -0.389 e. The maximum absolute atomic E-state index is 9.83. The van der Waals surface area contributed by atoms with Gasteiger partial charge in [0, 0.05) is 0 Å². The van der Waals surface area contributed by atoms with Crippen LogP contribution < -0.4 is 0 Å². The molecule has 276 valence electrons. The van der Waals surface area contributed by atoms with Crippen LogP contribution in [0.15, 0.2) is 72.9 Å². The van der Waals surface area contributed by atoms with Crippen molar-refractivity contribution in [2.24, 2.45) is 0 Å². The molecule has 0 aromatic carbocycles. The quantitative estimate of drug-likeness (QED) is 0.0356. The van der Waals surface area contributed by atoms with E-state index in [1.165, 1.54) is 134 Å². The summed E-state index contributed by atoms with van der Waals surface area (Å²) in [5.74, 6) is 4.50. The molecule has 3 heteroatoms. The molecule has 3 atom stereocenters. The third kappa shape index (κ3) is 39.8. The SMILES string of the molecule is C#CC(O)/C=C/CCCCCCCCCCCCC/C=C\CCCC/C=C\CCCC/C=C\C/C=C\CCCCCC(O)/C=C/C(O)C#C. The molecule has 0 rings (SSSR count). The monoisotopic (exact) mass is 675 g/mol. The summed E-state index contributed by atoms with van der Waals surface area (Å²) in [7, 11) is 0. The van der Waals surface area contributed by atoms with Gasteiger partial charge in [0.1, 0.15) is 12.2 Å². The van der Waals surface area contributed by atoms with Crippen LogP contribution in [0.2, 0.25) is 0 Å². The predicted octanol–water partition coefficient (Wildman–Crippen LogP) is 12.2. The van der Waals surface area contributed by atoms with E-state index in [1.807, 2.05) is 6.08 Å². The Kier molecular flexibility index (Phi) is 37.8. The first kappa shape index (κ1) is 46.4. The standard InChI is InChI=1S/C46H74O3/c1-3-44(47)40-38-36-34-32-30-28-26-24-22-20-18-16-14-12-10-8-6-5-7-9-11-13-15-17-19-21-23-25-27-29-31-33-35-37-39-41-46(49)43-42-45(48)4-2/h1-2,8,10-11,13,23,25,29,31,38,40,42-49H,5-7,9,12,14-22,24,26-28,30,32-37,39,41H2/b10-8-,13-11-,25-23-,31-29-,40-38+,43-42+. The van der Waals surface area contributed by atoms with E-state index in [1.54, 1.807) is 12.2 Å². The molecule has 0 saturated heterocycles. The molecule has 3 nitrogen and oxygen atoms in total. The summed E-state index contributed by atoms with van der Waals surface area (Å²) >= 11 is 0. The van der Waals surface area contributed by atoms with Crippen molar-refractivity contribution in [3.63, 3.8) is 0 Å². The summed E-state index contributed by atoms with van der Waals surface area (Å²) in [4.78, 5) is 0. The van der Waals surface area contributed by atoms with E-state index >= 15 is 0 Å². The van der Waals surface area contributed by atoms with Crippen LogP contribution in [0.1, 0.15) is 173 Å². The summed E-state index contributed by atoms with van der Waals surface area (Å²) in [6.07, 6.45) is 66.6. The number of terminal acetylenes is 2. The molecule has 0 aliphatic heterocycles. The summed E-state index contributed by atoms with van der Waals surface area (Å²) < 4.78 is 0. The van der Waals surface area contributed by atoms with Crippen molar-refractivity contribution < 1.29 is 15.3 Å². The van der Waals surface area contributed by atoms with E-state index in [0.717, 1.165) is 38.5 Å². The highest BCUT2D eigenvalue weighted by Gasteiger charge is 2.00. The molecule has 0 spiro atoms. The Hall–Kier alpha value is -2.56. The molecule has 0 saturated carbocycles. The van der Waals surface area contributed by atoms with Gasteiger partial charge in [0.25, 0.3) is 0 Å². The molecule has 0 fully saturated rings. The van der Waals surface area contributed by atoms with Gasteiger partial charge in [-0.05, 0) is 115 Å². The molecule has 0 bridgehead atoms. The second-order valence-electron chi connectivity index (χ2n) is 13.4. The number of allylic oxidation sites excluding steroid dienone is 9. The Balaban J connectivity index is 3.34. The maximum atomic E-state index is 9.83. The van der Waals surface area contributed by atoms with Crippen LogP contribution in [0.4, 0.5) is 0 Å². The molecule has 49 heavy (non-hydrogen) atoms. The van der Waals surface area contributed by atoms with Gasteiger partial charge >= 0.3 is 0 Å². The lowest BCUT2D eigenvalue weighted by atomic mass is 10.0. The minimum atomic E-state index is -0.906. The smallest absolute Gasteiger partial charge is 0.133 e. The average molecular weight is 675 g/mol. The van der Waals surface area contributed by atoms with E-state index in [0.29, 0.717) is 6.42 Å². The normalized spacial score (nSPS) is 14.2. The fourth-order valence-corrected chi connectivity index (χ4v) is 5.60. The fraction of sp³-hybridized carbons (Fsp3) is 0.652. The third-order valence-corrected chi connectivity index (χ3v) is 8.71. The molecule has 0 aliphatic rings. The van der Waals surface area contributed by atoms with Gasteiger partial charge in [-0.15, -0.1) is 12.8 Å². The number of rotatable bonds is 35. The minimum absolute atomic E-state index is 0.523. The van der Waals surface area contributed by atoms with Crippen LogP contribution in [0, 0.1) is 24.7 Å². The first-order chi connectivity index (χ1) is 24.1. The van der Waals surface area contributed by atoms with Crippen molar-refractivity contribution in [3.8, 4) is 24.7 Å². The zero-order chi connectivity index (χ0) is 35.7. The second kappa shape index (κ2) is 39.9. The van der Waals surface area contributed by atoms with Crippen LogP contribution in [-0.4, -0.2) is 33.6 Å². The number of hydrogen-bond donors (Lipinski definition) is 3. The molecule has 0 amide bonds. The zero-order valence-corrected chi connectivity index (χ0v) is 31.2. The van der Waals surface area contributed by atoms with Crippen LogP contribution in [-0.2, 0) is 0 Å². The van der Waals surface area contributed by atoms with E-state index < -0.39 is 18.3 Å². The average Bonchev–Trinajstić information content (AvgIpc) is 3.11. The van der Waals surface area contributed by atoms with Crippen molar-refractivity contribution in [1.82, 2.24) is 0 Å². The molecule has 0 aliphatic carbocycles. The lowest BCUT2D eigenvalue weighted by Crippen LogP contribution is -2.04. The van der Waals surface area contributed by atoms with E-state index in [4.69, 9.17) is 12.8 Å². The van der Waals surface area contributed by atoms with Gasteiger partial charge in [-0.25, -0.2) is 0 Å². The van der Waals surface area contributed by atoms with Gasteiger partial charge < -0.3 is 15.3 Å². The van der Waals surface area contributed by atoms with E-state index in [2.05, 4.69) is 60.4 Å². The number of aliphatic hydroxyl groups is 3. The predicted molar refractivity (Wildman–Crippen MR) is 215 cm³/mol.